The Bertz CT molecular complexity index is 432. The molecule has 0 aliphatic heterocycles. The third-order valence-corrected chi connectivity index (χ3v) is 2.11. The molecule has 1 aromatic heterocycles. The van der Waals surface area contributed by atoms with Crippen molar-refractivity contribution < 1.29 is 22.4 Å². The highest BCUT2D eigenvalue weighted by Crippen LogP contribution is 2.19. The van der Waals surface area contributed by atoms with Crippen molar-refractivity contribution in [1.29, 1.82) is 0 Å². The van der Waals surface area contributed by atoms with Gasteiger partial charge in [0.1, 0.15) is 18.6 Å². The Morgan fingerprint density at radius 1 is 1.53 bits per heavy atom. The topological polar surface area (TPSA) is 59.5 Å². The molecule has 0 bridgehead atoms. The Morgan fingerprint density at radius 3 is 2.58 bits per heavy atom. The molecule has 0 atom stereocenters. The third-order valence-electron chi connectivity index (χ3n) is 2.11. The molecule has 0 saturated carbocycles. The molecule has 1 aromatic rings. The molecule has 0 aliphatic carbocycles. The van der Waals surface area contributed by atoms with Gasteiger partial charge in [-0.25, -0.2) is 0 Å². The van der Waals surface area contributed by atoms with E-state index in [4.69, 9.17) is 10.2 Å². The van der Waals surface area contributed by atoms with Crippen molar-refractivity contribution in [2.24, 2.45) is 5.73 Å². The standard InChI is InChI=1S/C11H13F3N2O2.ClH/c1-2-3-16(7-11(12,13)14)10(17)8-4-9(5-15)18-6-8;/h2,4,6H,1,3,5,7,15H2;1H. The van der Waals surface area contributed by atoms with E-state index in [1.54, 1.807) is 0 Å². The molecule has 0 unspecified atom stereocenters. The second-order valence-electron chi connectivity index (χ2n) is 3.60. The minimum Gasteiger partial charge on any atom is -0.467 e. The first-order valence-corrected chi connectivity index (χ1v) is 5.11. The first-order chi connectivity index (χ1) is 8.37. The van der Waals surface area contributed by atoms with E-state index in [9.17, 15) is 18.0 Å². The Kier molecular flexibility index (Phi) is 6.64. The zero-order valence-corrected chi connectivity index (χ0v) is 10.8. The first kappa shape index (κ1) is 17.5. The van der Waals surface area contributed by atoms with Crippen LogP contribution in [0, 0.1) is 0 Å². The van der Waals surface area contributed by atoms with Crippen molar-refractivity contribution >= 4 is 18.3 Å². The summed E-state index contributed by atoms with van der Waals surface area (Å²) >= 11 is 0. The minimum absolute atomic E-state index is 0. The van der Waals surface area contributed by atoms with Crippen molar-refractivity contribution in [1.82, 2.24) is 4.90 Å². The molecule has 0 spiro atoms. The van der Waals surface area contributed by atoms with Gasteiger partial charge in [0.15, 0.2) is 0 Å². The second-order valence-corrected chi connectivity index (χ2v) is 3.60. The number of amides is 1. The van der Waals surface area contributed by atoms with E-state index < -0.39 is 18.6 Å². The molecule has 1 rings (SSSR count). The monoisotopic (exact) mass is 298 g/mol. The summed E-state index contributed by atoms with van der Waals surface area (Å²) in [5.41, 5.74) is 5.33. The molecule has 0 fully saturated rings. The van der Waals surface area contributed by atoms with E-state index in [0.29, 0.717) is 10.7 Å². The number of hydrogen-bond donors (Lipinski definition) is 1. The predicted molar refractivity (Wildman–Crippen MR) is 66.0 cm³/mol. The molecule has 0 aliphatic rings. The van der Waals surface area contributed by atoms with Crippen LogP contribution in [0.25, 0.3) is 0 Å². The third kappa shape index (κ3) is 5.35. The number of halogens is 4. The fourth-order valence-corrected chi connectivity index (χ4v) is 1.37. The fraction of sp³-hybridized carbons (Fsp3) is 0.364. The highest BCUT2D eigenvalue weighted by Gasteiger charge is 2.33. The number of hydrogen-bond acceptors (Lipinski definition) is 3. The quantitative estimate of drug-likeness (QED) is 0.849. The number of nitrogens with two attached hydrogens (primary N) is 1. The number of furan rings is 1. The van der Waals surface area contributed by atoms with E-state index in [1.165, 1.54) is 12.1 Å². The van der Waals surface area contributed by atoms with Crippen LogP contribution in [0.2, 0.25) is 0 Å². The van der Waals surface area contributed by atoms with Crippen LogP contribution in [-0.4, -0.2) is 30.1 Å². The summed E-state index contributed by atoms with van der Waals surface area (Å²) in [6.07, 6.45) is -2.14. The van der Waals surface area contributed by atoms with Gasteiger partial charge in [-0.15, -0.1) is 19.0 Å². The van der Waals surface area contributed by atoms with Gasteiger partial charge in [0.05, 0.1) is 12.1 Å². The summed E-state index contributed by atoms with van der Waals surface area (Å²) in [5, 5.41) is 0. The SMILES string of the molecule is C=CCN(CC(F)(F)F)C(=O)c1coc(CN)c1.Cl. The lowest BCUT2D eigenvalue weighted by molar-refractivity contribution is -0.139. The zero-order valence-electron chi connectivity index (χ0n) is 9.94. The highest BCUT2D eigenvalue weighted by molar-refractivity contribution is 5.94. The lowest BCUT2D eigenvalue weighted by Crippen LogP contribution is -2.38. The fourth-order valence-electron chi connectivity index (χ4n) is 1.37. The van der Waals surface area contributed by atoms with E-state index in [2.05, 4.69) is 6.58 Å². The summed E-state index contributed by atoms with van der Waals surface area (Å²) in [6.45, 7) is 1.88. The smallest absolute Gasteiger partial charge is 0.406 e. The number of carbonyl (C=O) groups is 1. The van der Waals surface area contributed by atoms with Gasteiger partial charge in [0.25, 0.3) is 5.91 Å². The van der Waals surface area contributed by atoms with E-state index >= 15 is 0 Å². The lowest BCUT2D eigenvalue weighted by atomic mass is 10.2. The van der Waals surface area contributed by atoms with Gasteiger partial charge >= 0.3 is 6.18 Å². The van der Waals surface area contributed by atoms with E-state index in [1.807, 2.05) is 0 Å². The summed E-state index contributed by atoms with van der Waals surface area (Å²) < 4.78 is 41.8. The predicted octanol–water partition coefficient (Wildman–Crippen LogP) is 2.35. The van der Waals surface area contributed by atoms with Crippen LogP contribution in [0.4, 0.5) is 13.2 Å². The van der Waals surface area contributed by atoms with Crippen molar-refractivity contribution in [3.8, 4) is 0 Å². The Morgan fingerprint density at radius 2 is 2.16 bits per heavy atom. The molecule has 0 saturated heterocycles. The molecule has 2 N–H and O–H groups in total. The average molecular weight is 299 g/mol. The van der Waals surface area contributed by atoms with Crippen molar-refractivity contribution in [3.05, 3.63) is 36.3 Å². The van der Waals surface area contributed by atoms with Crippen molar-refractivity contribution in [2.75, 3.05) is 13.1 Å². The van der Waals surface area contributed by atoms with Crippen LogP contribution in [0.5, 0.6) is 0 Å². The summed E-state index contributed by atoms with van der Waals surface area (Å²) in [7, 11) is 0. The summed E-state index contributed by atoms with van der Waals surface area (Å²) in [5.74, 6) is -0.431. The maximum Gasteiger partial charge on any atom is 0.406 e. The van der Waals surface area contributed by atoms with Crippen LogP contribution >= 0.6 is 12.4 Å². The number of rotatable bonds is 5. The normalized spacial score (nSPS) is 10.7. The number of alkyl halides is 3. The molecular weight excluding hydrogens is 285 g/mol. The maximum atomic E-state index is 12.3. The molecule has 19 heavy (non-hydrogen) atoms. The van der Waals surface area contributed by atoms with Crippen LogP contribution in [0.1, 0.15) is 16.1 Å². The summed E-state index contributed by atoms with van der Waals surface area (Å²) in [6, 6.07) is 1.33. The van der Waals surface area contributed by atoms with Crippen LogP contribution in [0.15, 0.2) is 29.4 Å². The van der Waals surface area contributed by atoms with Gasteiger partial charge in [-0.1, -0.05) is 6.08 Å². The molecular formula is C11H14ClF3N2O2. The Balaban J connectivity index is 0.00000324. The molecule has 108 valence electrons. The first-order valence-electron chi connectivity index (χ1n) is 5.11. The molecule has 0 aromatic carbocycles. The minimum atomic E-state index is -4.46. The highest BCUT2D eigenvalue weighted by atomic mass is 35.5. The van der Waals surface area contributed by atoms with Gasteiger partial charge < -0.3 is 15.1 Å². The van der Waals surface area contributed by atoms with Gasteiger partial charge in [-0.05, 0) is 6.07 Å². The Labute approximate surface area is 114 Å². The molecule has 1 heterocycles. The lowest BCUT2D eigenvalue weighted by Gasteiger charge is -2.21. The van der Waals surface area contributed by atoms with Crippen LogP contribution in [0.3, 0.4) is 0 Å². The molecule has 0 radical (unpaired) electrons. The number of carbonyl (C=O) groups excluding carboxylic acids is 1. The van der Waals surface area contributed by atoms with Gasteiger partial charge in [0, 0.05) is 6.54 Å². The van der Waals surface area contributed by atoms with E-state index in [0.717, 1.165) is 6.26 Å². The largest absolute Gasteiger partial charge is 0.467 e. The average Bonchev–Trinajstić information content (AvgIpc) is 2.74. The van der Waals surface area contributed by atoms with Gasteiger partial charge in [0.2, 0.25) is 0 Å². The second kappa shape index (κ2) is 7.20. The van der Waals surface area contributed by atoms with Crippen molar-refractivity contribution in [3.63, 3.8) is 0 Å². The van der Waals surface area contributed by atoms with Crippen molar-refractivity contribution in [2.45, 2.75) is 12.7 Å². The van der Waals surface area contributed by atoms with Gasteiger partial charge in [-0.2, -0.15) is 13.2 Å². The van der Waals surface area contributed by atoms with Crippen LogP contribution < -0.4 is 5.73 Å². The zero-order chi connectivity index (χ0) is 13.8. The molecule has 8 heteroatoms. The Hall–Kier alpha value is -1.47. The molecule has 1 amide bonds. The van der Waals surface area contributed by atoms with Crippen LogP contribution in [-0.2, 0) is 6.54 Å². The van der Waals surface area contributed by atoms with E-state index in [-0.39, 0.29) is 31.1 Å². The van der Waals surface area contributed by atoms with Gasteiger partial charge in [-0.3, -0.25) is 4.79 Å². The summed E-state index contributed by atoms with van der Waals surface area (Å²) in [4.78, 5) is 12.5. The number of nitrogens with zero attached hydrogens (tertiary/aromatic N) is 1. The molecule has 4 nitrogen and oxygen atoms in total. The maximum absolute atomic E-state index is 12.3.